The number of carbonyl (C=O) groups excluding carboxylic acids is 1. The van der Waals surface area contributed by atoms with Gasteiger partial charge in [-0.25, -0.2) is 4.98 Å². The smallest absolute Gasteiger partial charge is 0.254 e. The molecular formula is C23H26N6O3. The van der Waals surface area contributed by atoms with E-state index in [0.29, 0.717) is 49.1 Å². The Balaban J connectivity index is 1.35. The number of nitrogens with zero attached hydrogens (tertiary/aromatic N) is 5. The molecule has 0 aliphatic carbocycles. The van der Waals surface area contributed by atoms with Crippen LogP contribution < -0.4 is 19.7 Å². The predicted molar refractivity (Wildman–Crippen MR) is 122 cm³/mol. The van der Waals surface area contributed by atoms with E-state index in [-0.39, 0.29) is 5.91 Å². The zero-order valence-electron chi connectivity index (χ0n) is 18.4. The van der Waals surface area contributed by atoms with Crippen molar-refractivity contribution >= 4 is 23.4 Å². The summed E-state index contributed by atoms with van der Waals surface area (Å²) in [5.74, 6) is 3.27. The van der Waals surface area contributed by atoms with Gasteiger partial charge in [-0.15, -0.1) is 10.2 Å². The minimum atomic E-state index is -0.0260. The lowest BCUT2D eigenvalue weighted by Gasteiger charge is -2.35. The third kappa shape index (κ3) is 4.72. The number of piperazine rings is 1. The zero-order valence-corrected chi connectivity index (χ0v) is 18.4. The molecule has 1 aliphatic rings. The van der Waals surface area contributed by atoms with Crippen molar-refractivity contribution in [2.75, 3.05) is 50.6 Å². The number of methoxy groups -OCH3 is 2. The molecule has 32 heavy (non-hydrogen) atoms. The van der Waals surface area contributed by atoms with Crippen molar-refractivity contribution in [1.82, 2.24) is 20.1 Å². The summed E-state index contributed by atoms with van der Waals surface area (Å²) >= 11 is 0. The second-order valence-electron chi connectivity index (χ2n) is 7.41. The van der Waals surface area contributed by atoms with Crippen molar-refractivity contribution < 1.29 is 14.3 Å². The van der Waals surface area contributed by atoms with Crippen LogP contribution in [0.2, 0.25) is 0 Å². The first-order valence-electron chi connectivity index (χ1n) is 10.4. The van der Waals surface area contributed by atoms with Gasteiger partial charge in [-0.1, -0.05) is 6.07 Å². The van der Waals surface area contributed by atoms with Crippen LogP contribution in [0.25, 0.3) is 0 Å². The number of hydrogen-bond acceptors (Lipinski definition) is 8. The van der Waals surface area contributed by atoms with Gasteiger partial charge in [0.2, 0.25) is 0 Å². The quantitative estimate of drug-likeness (QED) is 0.633. The lowest BCUT2D eigenvalue weighted by atomic mass is 10.1. The first kappa shape index (κ1) is 21.4. The summed E-state index contributed by atoms with van der Waals surface area (Å²) in [6.07, 6.45) is 0. The summed E-state index contributed by atoms with van der Waals surface area (Å²) in [4.78, 5) is 21.3. The molecule has 1 aliphatic heterocycles. The number of nitrogens with one attached hydrogen (secondary N) is 1. The minimum Gasteiger partial charge on any atom is -0.493 e. The molecule has 4 rings (SSSR count). The molecule has 0 unspecified atom stereocenters. The number of amides is 1. The van der Waals surface area contributed by atoms with Crippen molar-refractivity contribution in [2.45, 2.75) is 6.92 Å². The fourth-order valence-corrected chi connectivity index (χ4v) is 3.59. The highest BCUT2D eigenvalue weighted by molar-refractivity contribution is 5.95. The fraction of sp³-hybridized carbons (Fsp3) is 0.304. The van der Waals surface area contributed by atoms with Gasteiger partial charge in [0.05, 0.1) is 14.2 Å². The third-order valence-corrected chi connectivity index (χ3v) is 5.32. The van der Waals surface area contributed by atoms with Crippen LogP contribution in [0.15, 0.2) is 48.5 Å². The van der Waals surface area contributed by atoms with Crippen LogP contribution in [0.3, 0.4) is 0 Å². The van der Waals surface area contributed by atoms with Gasteiger partial charge >= 0.3 is 0 Å². The highest BCUT2D eigenvalue weighted by atomic mass is 16.5. The molecule has 0 saturated carbocycles. The van der Waals surface area contributed by atoms with Crippen LogP contribution >= 0.6 is 0 Å². The number of ether oxygens (including phenoxy) is 2. The summed E-state index contributed by atoms with van der Waals surface area (Å²) in [5, 5.41) is 11.8. The van der Waals surface area contributed by atoms with Crippen LogP contribution in [-0.2, 0) is 0 Å². The van der Waals surface area contributed by atoms with E-state index in [1.807, 2.05) is 42.2 Å². The van der Waals surface area contributed by atoms with Crippen LogP contribution in [0, 0.1) is 6.92 Å². The van der Waals surface area contributed by atoms with Gasteiger partial charge in [0.1, 0.15) is 5.82 Å². The molecule has 0 bridgehead atoms. The molecule has 1 fully saturated rings. The number of benzene rings is 1. The number of aryl methyl sites for hydroxylation is 1. The number of pyridine rings is 1. The first-order valence-corrected chi connectivity index (χ1v) is 10.4. The lowest BCUT2D eigenvalue weighted by molar-refractivity contribution is 0.0746. The van der Waals surface area contributed by atoms with Gasteiger partial charge in [0.25, 0.3) is 5.91 Å². The normalized spacial score (nSPS) is 13.6. The van der Waals surface area contributed by atoms with Gasteiger partial charge in [0, 0.05) is 37.4 Å². The molecule has 166 valence electrons. The number of hydrogen-bond donors (Lipinski definition) is 1. The lowest BCUT2D eigenvalue weighted by Crippen LogP contribution is -2.49. The Morgan fingerprint density at radius 2 is 1.69 bits per heavy atom. The number of anilines is 3. The summed E-state index contributed by atoms with van der Waals surface area (Å²) < 4.78 is 10.6. The number of carbonyl (C=O) groups is 1. The Hall–Kier alpha value is -3.88. The topological polar surface area (TPSA) is 92.7 Å². The Kier molecular flexibility index (Phi) is 6.34. The molecule has 1 aromatic carbocycles. The molecule has 1 N–H and O–H groups in total. The largest absolute Gasteiger partial charge is 0.493 e. The molecular weight excluding hydrogens is 408 g/mol. The summed E-state index contributed by atoms with van der Waals surface area (Å²) in [6.45, 7) is 4.50. The molecule has 9 heteroatoms. The van der Waals surface area contributed by atoms with Crippen LogP contribution in [0.5, 0.6) is 11.5 Å². The van der Waals surface area contributed by atoms with E-state index in [4.69, 9.17) is 9.47 Å². The zero-order chi connectivity index (χ0) is 22.5. The van der Waals surface area contributed by atoms with Crippen LogP contribution in [0.4, 0.5) is 17.5 Å². The van der Waals surface area contributed by atoms with E-state index < -0.39 is 0 Å². The average molecular weight is 435 g/mol. The van der Waals surface area contributed by atoms with E-state index in [1.165, 1.54) is 0 Å². The van der Waals surface area contributed by atoms with Crippen LogP contribution in [0.1, 0.15) is 16.1 Å². The molecule has 1 amide bonds. The number of aromatic nitrogens is 3. The molecule has 0 radical (unpaired) electrons. The molecule has 3 aromatic rings. The summed E-state index contributed by atoms with van der Waals surface area (Å²) in [5.41, 5.74) is 1.51. The molecule has 0 atom stereocenters. The third-order valence-electron chi connectivity index (χ3n) is 5.32. The molecule has 0 spiro atoms. The highest BCUT2D eigenvalue weighted by Gasteiger charge is 2.24. The average Bonchev–Trinajstić information content (AvgIpc) is 2.84. The van der Waals surface area contributed by atoms with E-state index in [1.54, 1.807) is 32.4 Å². The van der Waals surface area contributed by atoms with Gasteiger partial charge in [-0.2, -0.15) is 0 Å². The van der Waals surface area contributed by atoms with Crippen molar-refractivity contribution in [3.05, 3.63) is 59.8 Å². The van der Waals surface area contributed by atoms with Gasteiger partial charge in [-0.3, -0.25) is 4.79 Å². The van der Waals surface area contributed by atoms with Gasteiger partial charge in [0.15, 0.2) is 23.1 Å². The maximum absolute atomic E-state index is 12.9. The second-order valence-corrected chi connectivity index (χ2v) is 7.41. The van der Waals surface area contributed by atoms with E-state index in [0.717, 1.165) is 17.3 Å². The molecule has 1 saturated heterocycles. The minimum absolute atomic E-state index is 0.0260. The fourth-order valence-electron chi connectivity index (χ4n) is 3.59. The summed E-state index contributed by atoms with van der Waals surface area (Å²) in [6, 6.07) is 14.8. The summed E-state index contributed by atoms with van der Waals surface area (Å²) in [7, 11) is 3.13. The number of rotatable bonds is 6. The Morgan fingerprint density at radius 3 is 2.34 bits per heavy atom. The highest BCUT2D eigenvalue weighted by Crippen LogP contribution is 2.28. The molecule has 3 heterocycles. The van der Waals surface area contributed by atoms with Gasteiger partial charge in [-0.05, 0) is 49.4 Å². The second kappa shape index (κ2) is 9.51. The molecule has 9 nitrogen and oxygen atoms in total. The predicted octanol–water partition coefficient (Wildman–Crippen LogP) is 2.90. The van der Waals surface area contributed by atoms with E-state index >= 15 is 0 Å². The van der Waals surface area contributed by atoms with E-state index in [9.17, 15) is 4.79 Å². The maximum atomic E-state index is 12.9. The Labute approximate surface area is 187 Å². The maximum Gasteiger partial charge on any atom is 0.254 e. The monoisotopic (exact) mass is 434 g/mol. The van der Waals surface area contributed by atoms with Crippen molar-refractivity contribution in [1.29, 1.82) is 0 Å². The van der Waals surface area contributed by atoms with Crippen molar-refractivity contribution in [2.24, 2.45) is 0 Å². The van der Waals surface area contributed by atoms with Crippen molar-refractivity contribution in [3.63, 3.8) is 0 Å². The Bertz CT molecular complexity index is 1080. The first-order chi connectivity index (χ1) is 15.6. The van der Waals surface area contributed by atoms with E-state index in [2.05, 4.69) is 25.4 Å². The standard InChI is InChI=1S/C23H26N6O3/c1-16-5-4-6-20(24-16)25-21-9-10-22(27-26-21)28-11-13-29(14-12-28)23(30)17-7-8-18(31-2)19(15-17)32-3/h4-10,15H,11-14H2,1-3H3,(H,24,25,26). The SMILES string of the molecule is COc1ccc(C(=O)N2CCN(c3ccc(Nc4cccc(C)n4)nn3)CC2)cc1OC. The Morgan fingerprint density at radius 1 is 0.906 bits per heavy atom. The van der Waals surface area contributed by atoms with Crippen molar-refractivity contribution in [3.8, 4) is 11.5 Å². The van der Waals surface area contributed by atoms with Gasteiger partial charge < -0.3 is 24.6 Å². The van der Waals surface area contributed by atoms with Crippen LogP contribution in [-0.4, -0.2) is 66.4 Å². The molecule has 2 aromatic heterocycles.